The number of amides is 1. The van der Waals surface area contributed by atoms with Crippen molar-refractivity contribution in [3.63, 3.8) is 0 Å². The third kappa shape index (κ3) is 3.35. The summed E-state index contributed by atoms with van der Waals surface area (Å²) in [6, 6.07) is 15.8. The second-order valence-corrected chi connectivity index (χ2v) is 9.46. The molecule has 4 rings (SSSR count). The highest BCUT2D eigenvalue weighted by Gasteiger charge is 2.19. The Balaban J connectivity index is 1.63. The number of nitrogens with zero attached hydrogens (tertiary/aromatic N) is 3. The summed E-state index contributed by atoms with van der Waals surface area (Å²) in [5.74, 6) is -0.369. The smallest absolute Gasteiger partial charge is 0.276 e. The van der Waals surface area contributed by atoms with Crippen molar-refractivity contribution in [2.45, 2.75) is 4.90 Å². The lowest BCUT2D eigenvalue weighted by Gasteiger charge is -2.10. The number of anilines is 1. The molecule has 142 valence electrons. The van der Waals surface area contributed by atoms with Gasteiger partial charge in [-0.1, -0.05) is 35.6 Å². The molecule has 7 nitrogen and oxygen atoms in total. The molecule has 4 aromatic rings. The maximum Gasteiger partial charge on any atom is 0.276 e. The van der Waals surface area contributed by atoms with Gasteiger partial charge in [-0.25, -0.2) is 22.7 Å². The molecule has 0 unspecified atom stereocenters. The number of hydrogen-bond donors (Lipinski definition) is 1. The number of nitrogens with one attached hydrogen (secondary N) is 1. The van der Waals surface area contributed by atoms with E-state index in [0.717, 1.165) is 15.2 Å². The van der Waals surface area contributed by atoms with Crippen LogP contribution in [-0.4, -0.2) is 42.7 Å². The van der Waals surface area contributed by atoms with Gasteiger partial charge in [-0.3, -0.25) is 10.1 Å². The predicted octanol–water partition coefficient (Wildman–Crippen LogP) is 3.35. The van der Waals surface area contributed by atoms with Gasteiger partial charge in [-0.05, 0) is 30.3 Å². The van der Waals surface area contributed by atoms with Crippen molar-refractivity contribution in [1.82, 2.24) is 14.3 Å². The van der Waals surface area contributed by atoms with Gasteiger partial charge >= 0.3 is 0 Å². The van der Waals surface area contributed by atoms with Crippen molar-refractivity contribution in [2.75, 3.05) is 19.4 Å². The van der Waals surface area contributed by atoms with Crippen LogP contribution in [0.1, 0.15) is 10.5 Å². The minimum atomic E-state index is -3.53. The minimum Gasteiger partial charge on any atom is -0.296 e. The minimum absolute atomic E-state index is 0.183. The fourth-order valence-electron chi connectivity index (χ4n) is 2.68. The second kappa shape index (κ2) is 6.93. The number of para-hydroxylation sites is 1. The Hall–Kier alpha value is -2.88. The second-order valence-electron chi connectivity index (χ2n) is 6.28. The van der Waals surface area contributed by atoms with E-state index in [-0.39, 0.29) is 16.5 Å². The van der Waals surface area contributed by atoms with Crippen LogP contribution in [0.3, 0.4) is 0 Å². The lowest BCUT2D eigenvalue weighted by atomic mass is 10.2. The Morgan fingerprint density at radius 2 is 1.79 bits per heavy atom. The predicted molar refractivity (Wildman–Crippen MR) is 110 cm³/mol. The molecule has 1 amide bonds. The summed E-state index contributed by atoms with van der Waals surface area (Å²) >= 11 is 1.21. The summed E-state index contributed by atoms with van der Waals surface area (Å²) in [4.78, 5) is 21.5. The summed E-state index contributed by atoms with van der Waals surface area (Å²) in [6.45, 7) is 0. The first-order valence-electron chi connectivity index (χ1n) is 8.35. The van der Waals surface area contributed by atoms with E-state index in [0.29, 0.717) is 15.3 Å². The third-order valence-corrected chi connectivity index (χ3v) is 6.93. The molecule has 2 aromatic carbocycles. The van der Waals surface area contributed by atoms with Crippen LogP contribution in [0.5, 0.6) is 0 Å². The topological polar surface area (TPSA) is 92.3 Å². The molecular weight excluding hydrogens is 396 g/mol. The van der Waals surface area contributed by atoms with Crippen molar-refractivity contribution < 1.29 is 13.2 Å². The van der Waals surface area contributed by atoms with Gasteiger partial charge in [0.15, 0.2) is 5.13 Å². The van der Waals surface area contributed by atoms with E-state index in [1.54, 1.807) is 18.2 Å². The lowest BCUT2D eigenvalue weighted by Crippen LogP contribution is -2.22. The Bertz CT molecular complexity index is 1310. The third-order valence-electron chi connectivity index (χ3n) is 4.19. The van der Waals surface area contributed by atoms with Crippen LogP contribution in [0.25, 0.3) is 21.1 Å². The normalized spacial score (nSPS) is 12.0. The molecule has 2 heterocycles. The number of pyridine rings is 1. The summed E-state index contributed by atoms with van der Waals surface area (Å²) in [5, 5.41) is 4.08. The Kier molecular flexibility index (Phi) is 4.58. The first-order valence-corrected chi connectivity index (χ1v) is 10.6. The van der Waals surface area contributed by atoms with E-state index in [2.05, 4.69) is 15.3 Å². The average Bonchev–Trinajstić information content (AvgIpc) is 3.08. The van der Waals surface area contributed by atoms with Gasteiger partial charge in [0, 0.05) is 19.5 Å². The molecule has 0 saturated carbocycles. The van der Waals surface area contributed by atoms with E-state index >= 15 is 0 Å². The fourth-order valence-corrected chi connectivity index (χ4v) is 4.59. The zero-order chi connectivity index (χ0) is 19.9. The van der Waals surface area contributed by atoms with E-state index in [9.17, 15) is 13.2 Å². The number of sulfonamides is 1. The number of rotatable bonds is 4. The number of benzene rings is 2. The Morgan fingerprint density at radius 1 is 1.00 bits per heavy atom. The largest absolute Gasteiger partial charge is 0.296 e. The quantitative estimate of drug-likeness (QED) is 0.555. The van der Waals surface area contributed by atoms with Crippen LogP contribution in [-0.2, 0) is 10.0 Å². The lowest BCUT2D eigenvalue weighted by molar-refractivity contribution is 0.102. The van der Waals surface area contributed by atoms with Crippen molar-refractivity contribution in [3.05, 3.63) is 60.3 Å². The molecule has 0 aliphatic heterocycles. The average molecular weight is 412 g/mol. The van der Waals surface area contributed by atoms with Crippen LogP contribution >= 0.6 is 11.3 Å². The molecule has 0 bridgehead atoms. The Morgan fingerprint density at radius 3 is 2.57 bits per heavy atom. The van der Waals surface area contributed by atoms with E-state index in [1.165, 1.54) is 31.5 Å². The molecule has 1 N–H and O–H groups in total. The molecule has 0 spiro atoms. The highest BCUT2D eigenvalue weighted by atomic mass is 32.2. The zero-order valence-corrected chi connectivity index (χ0v) is 16.7. The van der Waals surface area contributed by atoms with Crippen molar-refractivity contribution in [3.8, 4) is 0 Å². The first kappa shape index (κ1) is 18.5. The molecule has 9 heteroatoms. The van der Waals surface area contributed by atoms with Crippen molar-refractivity contribution >= 4 is 53.5 Å². The maximum absolute atomic E-state index is 12.5. The molecule has 0 aliphatic rings. The summed E-state index contributed by atoms with van der Waals surface area (Å²) in [6.07, 6.45) is 0. The van der Waals surface area contributed by atoms with Crippen LogP contribution in [0.15, 0.2) is 59.5 Å². The Labute approximate surface area is 165 Å². The number of thiazole rings is 1. The van der Waals surface area contributed by atoms with Crippen LogP contribution in [0, 0.1) is 0 Å². The zero-order valence-electron chi connectivity index (χ0n) is 15.1. The van der Waals surface area contributed by atoms with Crippen LogP contribution in [0.4, 0.5) is 5.13 Å². The van der Waals surface area contributed by atoms with Crippen LogP contribution in [0.2, 0.25) is 0 Å². The van der Waals surface area contributed by atoms with Gasteiger partial charge < -0.3 is 0 Å². The van der Waals surface area contributed by atoms with Gasteiger partial charge in [0.25, 0.3) is 5.91 Å². The molecule has 0 radical (unpaired) electrons. The SMILES string of the molecule is CN(C)S(=O)(=O)c1ccc2nc(NC(=O)c3ccc4ccccc4n3)sc2c1. The number of aromatic nitrogens is 2. The summed E-state index contributed by atoms with van der Waals surface area (Å²) in [7, 11) is -0.570. The molecule has 0 fully saturated rings. The number of hydrogen-bond acceptors (Lipinski definition) is 6. The van der Waals surface area contributed by atoms with Gasteiger partial charge in [0.2, 0.25) is 10.0 Å². The van der Waals surface area contributed by atoms with E-state index in [4.69, 9.17) is 0 Å². The molecule has 0 aliphatic carbocycles. The van der Waals surface area contributed by atoms with E-state index in [1.807, 2.05) is 30.3 Å². The highest BCUT2D eigenvalue weighted by molar-refractivity contribution is 7.89. The van der Waals surface area contributed by atoms with Crippen molar-refractivity contribution in [1.29, 1.82) is 0 Å². The molecule has 0 atom stereocenters. The molecule has 0 saturated heterocycles. The van der Waals surface area contributed by atoms with Gasteiger partial charge in [0.05, 0.1) is 20.6 Å². The summed E-state index contributed by atoms with van der Waals surface area (Å²) in [5.41, 5.74) is 1.64. The van der Waals surface area contributed by atoms with Crippen LogP contribution < -0.4 is 5.32 Å². The highest BCUT2D eigenvalue weighted by Crippen LogP contribution is 2.29. The maximum atomic E-state index is 12.5. The van der Waals surface area contributed by atoms with Crippen molar-refractivity contribution in [2.24, 2.45) is 0 Å². The molecular formula is C19H16N4O3S2. The summed E-state index contributed by atoms with van der Waals surface area (Å²) < 4.78 is 26.4. The molecule has 2 aromatic heterocycles. The van der Waals surface area contributed by atoms with Gasteiger partial charge in [-0.2, -0.15) is 0 Å². The number of carbonyl (C=O) groups excluding carboxylic acids is 1. The molecule has 28 heavy (non-hydrogen) atoms. The monoisotopic (exact) mass is 412 g/mol. The first-order chi connectivity index (χ1) is 13.3. The number of carbonyl (C=O) groups is 1. The van der Waals surface area contributed by atoms with Gasteiger partial charge in [-0.15, -0.1) is 0 Å². The van der Waals surface area contributed by atoms with Gasteiger partial charge in [0.1, 0.15) is 5.69 Å². The number of fused-ring (bicyclic) bond motifs is 2. The standard InChI is InChI=1S/C19H16N4O3S2/c1-23(2)28(25,26)13-8-10-15-17(11-13)27-19(21-15)22-18(24)16-9-7-12-5-3-4-6-14(12)20-16/h3-11H,1-2H3,(H,21,22,24). The fraction of sp³-hybridized carbons (Fsp3) is 0.105. The van der Waals surface area contributed by atoms with E-state index < -0.39 is 10.0 Å².